The summed E-state index contributed by atoms with van der Waals surface area (Å²) in [5.74, 6) is 0.0831. The first-order valence-corrected chi connectivity index (χ1v) is 7.71. The highest BCUT2D eigenvalue weighted by atomic mass is 16.5. The molecule has 1 heterocycles. The first-order chi connectivity index (χ1) is 10.3. The Balaban J connectivity index is 2.43. The van der Waals surface area contributed by atoms with Gasteiger partial charge in [-0.3, -0.25) is 4.74 Å². The second-order valence-electron chi connectivity index (χ2n) is 8.04. The van der Waals surface area contributed by atoms with Gasteiger partial charge in [0.2, 0.25) is 0 Å². The van der Waals surface area contributed by atoms with Crippen molar-refractivity contribution >= 4 is 11.5 Å². The molecule has 0 unspecified atom stereocenters. The van der Waals surface area contributed by atoms with Gasteiger partial charge >= 0.3 is 5.84 Å². The van der Waals surface area contributed by atoms with E-state index in [0.717, 1.165) is 14.9 Å². The molecule has 0 fully saturated rings. The van der Waals surface area contributed by atoms with Crippen LogP contribution in [0.5, 0.6) is 0 Å². The number of rotatable bonds is 2. The minimum atomic E-state index is -0.848. The average molecular weight is 319 g/mol. The fourth-order valence-electron chi connectivity index (χ4n) is 2.48. The Labute approximate surface area is 137 Å². The SMILES string of the molecule is CC(C)(C)N([O-])c1ccc(C2=[N+]([O-])C(C)(C)C(C)(C)N2[O])cc1. The summed E-state index contributed by atoms with van der Waals surface area (Å²) in [5, 5.41) is 39.1. The molecule has 0 N–H and O–H groups in total. The number of hydrogen-bond acceptors (Lipinski definition) is 4. The fraction of sp³-hybridized carbons (Fsp3) is 0.588. The van der Waals surface area contributed by atoms with Crippen LogP contribution in [0, 0.1) is 10.4 Å². The normalized spacial score (nSPS) is 20.1. The van der Waals surface area contributed by atoms with Gasteiger partial charge in [0.25, 0.3) is 0 Å². The summed E-state index contributed by atoms with van der Waals surface area (Å²) in [4.78, 5) is 0. The number of nitrogens with zero attached hydrogens (tertiary/aromatic N) is 3. The van der Waals surface area contributed by atoms with Gasteiger partial charge in [0.15, 0.2) is 5.54 Å². The zero-order valence-electron chi connectivity index (χ0n) is 14.9. The predicted octanol–water partition coefficient (Wildman–Crippen LogP) is 3.26. The fourth-order valence-corrected chi connectivity index (χ4v) is 2.48. The van der Waals surface area contributed by atoms with Crippen LogP contribution in [-0.2, 0) is 5.21 Å². The molecule has 1 radical (unpaired) electrons. The monoisotopic (exact) mass is 319 g/mol. The van der Waals surface area contributed by atoms with Crippen LogP contribution < -0.4 is 5.06 Å². The maximum atomic E-state index is 12.6. The molecule has 2 rings (SSSR count). The molecule has 0 spiro atoms. The van der Waals surface area contributed by atoms with E-state index in [1.54, 1.807) is 52.0 Å². The number of hydroxylamine groups is 4. The van der Waals surface area contributed by atoms with Crippen molar-refractivity contribution in [3.8, 4) is 0 Å². The van der Waals surface area contributed by atoms with Crippen molar-refractivity contribution in [3.05, 3.63) is 40.2 Å². The zero-order chi connectivity index (χ0) is 17.8. The van der Waals surface area contributed by atoms with Gasteiger partial charge in [-0.1, -0.05) is 5.06 Å². The largest absolute Gasteiger partial charge is 0.758 e. The Morgan fingerprint density at radius 2 is 1.57 bits per heavy atom. The van der Waals surface area contributed by atoms with Gasteiger partial charge in [-0.25, -0.2) is 0 Å². The summed E-state index contributed by atoms with van der Waals surface area (Å²) < 4.78 is 0.772. The molecule has 127 valence electrons. The lowest BCUT2D eigenvalue weighted by Crippen LogP contribution is -2.53. The van der Waals surface area contributed by atoms with E-state index in [2.05, 4.69) is 0 Å². The molecule has 1 aromatic carbocycles. The lowest BCUT2D eigenvalue weighted by Gasteiger charge is -2.43. The summed E-state index contributed by atoms with van der Waals surface area (Å²) in [6, 6.07) is 6.57. The van der Waals surface area contributed by atoms with Gasteiger partial charge in [-0.15, -0.1) is 0 Å². The minimum Gasteiger partial charge on any atom is -0.758 e. The molecule has 0 saturated carbocycles. The molecule has 0 amide bonds. The molecule has 0 aliphatic carbocycles. The minimum absolute atomic E-state index is 0.0831. The molecular weight excluding hydrogens is 294 g/mol. The second-order valence-corrected chi connectivity index (χ2v) is 8.04. The van der Waals surface area contributed by atoms with Crippen LogP contribution in [0.25, 0.3) is 0 Å². The van der Waals surface area contributed by atoms with Gasteiger partial charge in [0.05, 0.1) is 5.56 Å². The van der Waals surface area contributed by atoms with Crippen molar-refractivity contribution in [1.29, 1.82) is 0 Å². The van der Waals surface area contributed by atoms with Crippen molar-refractivity contribution in [2.24, 2.45) is 0 Å². The van der Waals surface area contributed by atoms with E-state index in [-0.39, 0.29) is 5.84 Å². The summed E-state index contributed by atoms with van der Waals surface area (Å²) in [6.07, 6.45) is 0. The first kappa shape index (κ1) is 17.6. The molecule has 0 aromatic heterocycles. The Hall–Kier alpha value is -1.79. The summed E-state index contributed by atoms with van der Waals surface area (Å²) in [7, 11) is 0. The van der Waals surface area contributed by atoms with Crippen LogP contribution >= 0.6 is 0 Å². The number of hydrogen-bond donors (Lipinski definition) is 0. The molecule has 6 heteroatoms. The van der Waals surface area contributed by atoms with Gasteiger partial charge in [-0.05, 0) is 72.7 Å². The van der Waals surface area contributed by atoms with Gasteiger partial charge in [-0.2, -0.15) is 0 Å². The Kier molecular flexibility index (Phi) is 3.90. The lowest BCUT2D eigenvalue weighted by atomic mass is 9.84. The molecule has 0 saturated heterocycles. The number of anilines is 1. The lowest BCUT2D eigenvalue weighted by molar-refractivity contribution is -0.539. The number of amidine groups is 1. The van der Waals surface area contributed by atoms with E-state index in [9.17, 15) is 15.6 Å². The van der Waals surface area contributed by atoms with Gasteiger partial charge < -0.3 is 15.5 Å². The van der Waals surface area contributed by atoms with E-state index in [1.165, 1.54) is 0 Å². The van der Waals surface area contributed by atoms with E-state index in [0.29, 0.717) is 11.3 Å². The third kappa shape index (κ3) is 2.56. The van der Waals surface area contributed by atoms with Crippen molar-refractivity contribution in [2.75, 3.05) is 5.06 Å². The molecule has 0 bridgehead atoms. The highest BCUT2D eigenvalue weighted by Gasteiger charge is 2.59. The van der Waals surface area contributed by atoms with E-state index < -0.39 is 16.6 Å². The maximum absolute atomic E-state index is 12.6. The molecule has 1 aromatic rings. The molecule has 6 nitrogen and oxygen atoms in total. The highest BCUT2D eigenvalue weighted by molar-refractivity contribution is 5.96. The Bertz CT molecular complexity index is 627. The van der Waals surface area contributed by atoms with Gasteiger partial charge in [0, 0.05) is 16.4 Å². The zero-order valence-corrected chi connectivity index (χ0v) is 14.9. The predicted molar refractivity (Wildman–Crippen MR) is 90.5 cm³/mol. The molecule has 1 aliphatic heterocycles. The first-order valence-electron chi connectivity index (χ1n) is 7.71. The summed E-state index contributed by atoms with van der Waals surface area (Å²) in [6.45, 7) is 12.5. The topological polar surface area (TPSA) is 75.5 Å². The van der Waals surface area contributed by atoms with Crippen LogP contribution in [-0.4, -0.2) is 32.3 Å². The molecule has 1 aliphatic rings. The van der Waals surface area contributed by atoms with Crippen molar-refractivity contribution in [3.63, 3.8) is 0 Å². The van der Waals surface area contributed by atoms with Crippen LogP contribution in [0.15, 0.2) is 24.3 Å². The van der Waals surface area contributed by atoms with Gasteiger partial charge in [0.1, 0.15) is 5.54 Å². The molecule has 0 atom stereocenters. The smallest absolute Gasteiger partial charge is 0.316 e. The quantitative estimate of drug-likeness (QED) is 0.476. The van der Waals surface area contributed by atoms with E-state index in [4.69, 9.17) is 0 Å². The second kappa shape index (κ2) is 5.11. The van der Waals surface area contributed by atoms with Crippen molar-refractivity contribution in [2.45, 2.75) is 65.1 Å². The summed E-state index contributed by atoms with van der Waals surface area (Å²) >= 11 is 0. The van der Waals surface area contributed by atoms with Crippen LogP contribution in [0.4, 0.5) is 5.69 Å². The standard InChI is InChI=1S/C17H25N3O3/c1-15(2,3)18(21)13-10-8-12(9-11-13)14-19(22)16(4,5)17(6,7)20(14)23/h8-11H,1-7H3/q-1. The van der Waals surface area contributed by atoms with Crippen molar-refractivity contribution < 1.29 is 9.95 Å². The third-order valence-electron chi connectivity index (χ3n) is 4.87. The summed E-state index contributed by atoms with van der Waals surface area (Å²) in [5.41, 5.74) is -1.24. The third-order valence-corrected chi connectivity index (χ3v) is 4.87. The van der Waals surface area contributed by atoms with Crippen molar-refractivity contribution in [1.82, 2.24) is 5.06 Å². The molecular formula is C17H25N3O3-. The number of benzene rings is 1. The average Bonchev–Trinajstić information content (AvgIpc) is 2.56. The van der Waals surface area contributed by atoms with Crippen LogP contribution in [0.3, 0.4) is 0 Å². The van der Waals surface area contributed by atoms with Crippen LogP contribution in [0.1, 0.15) is 54.0 Å². The molecule has 23 heavy (non-hydrogen) atoms. The van der Waals surface area contributed by atoms with E-state index in [1.807, 2.05) is 20.8 Å². The highest BCUT2D eigenvalue weighted by Crippen LogP contribution is 2.37. The Morgan fingerprint density at radius 1 is 1.09 bits per heavy atom. The van der Waals surface area contributed by atoms with E-state index >= 15 is 0 Å². The Morgan fingerprint density at radius 3 is 1.91 bits per heavy atom. The maximum Gasteiger partial charge on any atom is 0.316 e. The van der Waals surface area contributed by atoms with Crippen LogP contribution in [0.2, 0.25) is 0 Å².